The Kier molecular flexibility index (Phi) is 4.98. The smallest absolute Gasteiger partial charge is 0.238 e. The van der Waals surface area contributed by atoms with E-state index in [1.165, 1.54) is 0 Å². The molecule has 2 unspecified atom stereocenters. The van der Waals surface area contributed by atoms with Crippen LogP contribution in [0.25, 0.3) is 0 Å². The quantitative estimate of drug-likeness (QED) is 0.853. The number of carbonyl (C=O) groups excluding carboxylic acids is 1. The van der Waals surface area contributed by atoms with Crippen molar-refractivity contribution in [1.82, 2.24) is 4.90 Å². The predicted molar refractivity (Wildman–Crippen MR) is 77.9 cm³/mol. The van der Waals surface area contributed by atoms with Crippen LogP contribution in [0.4, 0.5) is 5.69 Å². The number of amides is 1. The lowest BCUT2D eigenvalue weighted by Crippen LogP contribution is -2.32. The van der Waals surface area contributed by atoms with E-state index < -0.39 is 0 Å². The number of aliphatic hydroxyl groups excluding tert-OH is 1. The Hall–Kier alpha value is -1.59. The fourth-order valence-electron chi connectivity index (χ4n) is 2.50. The van der Waals surface area contributed by atoms with Gasteiger partial charge in [-0.05, 0) is 37.9 Å². The molecule has 1 aliphatic heterocycles. The summed E-state index contributed by atoms with van der Waals surface area (Å²) in [4.78, 5) is 14.1. The van der Waals surface area contributed by atoms with Crippen molar-refractivity contribution in [3.05, 3.63) is 24.3 Å². The lowest BCUT2D eigenvalue weighted by atomic mass is 10.0. The Morgan fingerprint density at radius 1 is 1.60 bits per heavy atom. The molecular weight excluding hydrogens is 256 g/mol. The predicted octanol–water partition coefficient (Wildman–Crippen LogP) is 1.34. The molecule has 110 valence electrons. The summed E-state index contributed by atoms with van der Waals surface area (Å²) in [5.41, 5.74) is 0.737. The number of hydrogen-bond acceptors (Lipinski definition) is 4. The van der Waals surface area contributed by atoms with Crippen LogP contribution in [0, 0.1) is 5.92 Å². The summed E-state index contributed by atoms with van der Waals surface area (Å²) in [5.74, 6) is 0.960. The van der Waals surface area contributed by atoms with Crippen LogP contribution in [0.15, 0.2) is 24.3 Å². The van der Waals surface area contributed by atoms with Gasteiger partial charge in [-0.1, -0.05) is 6.07 Å². The Bertz CT molecular complexity index is 462. The second kappa shape index (κ2) is 6.72. The van der Waals surface area contributed by atoms with Crippen molar-refractivity contribution in [2.75, 3.05) is 32.1 Å². The summed E-state index contributed by atoms with van der Waals surface area (Å²) < 4.78 is 5.12. The third kappa shape index (κ3) is 3.95. The fourth-order valence-corrected chi connectivity index (χ4v) is 2.50. The SMILES string of the molecule is COc1cccc(NC(=O)CN2CCC(C(C)O)C2)c1. The maximum Gasteiger partial charge on any atom is 0.238 e. The first-order chi connectivity index (χ1) is 9.58. The van der Waals surface area contributed by atoms with Gasteiger partial charge in [0.15, 0.2) is 0 Å². The Morgan fingerprint density at radius 2 is 2.40 bits per heavy atom. The zero-order valence-corrected chi connectivity index (χ0v) is 12.0. The number of nitrogens with one attached hydrogen (secondary N) is 1. The first-order valence-corrected chi connectivity index (χ1v) is 6.93. The number of rotatable bonds is 5. The van der Waals surface area contributed by atoms with Gasteiger partial charge < -0.3 is 15.2 Å². The Morgan fingerprint density at radius 3 is 3.05 bits per heavy atom. The minimum atomic E-state index is -0.304. The highest BCUT2D eigenvalue weighted by molar-refractivity contribution is 5.92. The number of hydrogen-bond donors (Lipinski definition) is 2. The van der Waals surface area contributed by atoms with E-state index in [1.54, 1.807) is 13.2 Å². The molecule has 2 N–H and O–H groups in total. The number of aliphatic hydroxyl groups is 1. The molecule has 2 rings (SSSR count). The van der Waals surface area contributed by atoms with Crippen molar-refractivity contribution in [2.45, 2.75) is 19.4 Å². The van der Waals surface area contributed by atoms with E-state index in [9.17, 15) is 9.90 Å². The van der Waals surface area contributed by atoms with Crippen LogP contribution in [-0.4, -0.2) is 48.8 Å². The van der Waals surface area contributed by atoms with Crippen molar-refractivity contribution in [2.24, 2.45) is 5.92 Å². The lowest BCUT2D eigenvalue weighted by Gasteiger charge is -2.17. The molecule has 1 aliphatic rings. The minimum Gasteiger partial charge on any atom is -0.497 e. The number of nitrogens with zero attached hydrogens (tertiary/aromatic N) is 1. The Labute approximate surface area is 119 Å². The van der Waals surface area contributed by atoms with E-state index in [0.717, 1.165) is 30.9 Å². The third-order valence-electron chi connectivity index (χ3n) is 3.71. The van der Waals surface area contributed by atoms with Crippen LogP contribution < -0.4 is 10.1 Å². The Balaban J connectivity index is 1.84. The van der Waals surface area contributed by atoms with Gasteiger partial charge in [-0.15, -0.1) is 0 Å². The normalized spacial score (nSPS) is 20.6. The average molecular weight is 278 g/mol. The molecule has 0 bridgehead atoms. The van der Waals surface area contributed by atoms with E-state index in [4.69, 9.17) is 4.74 Å². The van der Waals surface area contributed by atoms with Crippen molar-refractivity contribution >= 4 is 11.6 Å². The van der Waals surface area contributed by atoms with Gasteiger partial charge in [-0.2, -0.15) is 0 Å². The van der Waals surface area contributed by atoms with E-state index >= 15 is 0 Å². The molecule has 0 saturated carbocycles. The number of anilines is 1. The van der Waals surface area contributed by atoms with Crippen molar-refractivity contribution in [3.8, 4) is 5.75 Å². The molecule has 5 nitrogen and oxygen atoms in total. The van der Waals surface area contributed by atoms with Gasteiger partial charge in [0.2, 0.25) is 5.91 Å². The van der Waals surface area contributed by atoms with E-state index in [2.05, 4.69) is 10.2 Å². The summed E-state index contributed by atoms with van der Waals surface area (Å²) in [7, 11) is 1.60. The van der Waals surface area contributed by atoms with Gasteiger partial charge in [0.1, 0.15) is 5.75 Å². The van der Waals surface area contributed by atoms with Gasteiger partial charge in [0, 0.05) is 18.3 Å². The molecule has 1 fully saturated rings. The maximum absolute atomic E-state index is 12.0. The second-order valence-corrected chi connectivity index (χ2v) is 5.30. The fraction of sp³-hybridized carbons (Fsp3) is 0.533. The summed E-state index contributed by atoms with van der Waals surface area (Å²) in [6, 6.07) is 7.31. The van der Waals surface area contributed by atoms with Gasteiger partial charge in [0.25, 0.3) is 0 Å². The number of ether oxygens (including phenoxy) is 1. The van der Waals surface area contributed by atoms with Crippen LogP contribution in [0.2, 0.25) is 0 Å². The van der Waals surface area contributed by atoms with E-state index in [-0.39, 0.29) is 17.9 Å². The molecule has 1 amide bonds. The average Bonchev–Trinajstić information content (AvgIpc) is 2.87. The summed E-state index contributed by atoms with van der Waals surface area (Å²) in [5, 5.41) is 12.4. The molecule has 2 atom stereocenters. The highest BCUT2D eigenvalue weighted by atomic mass is 16.5. The standard InChI is InChI=1S/C15H22N2O3/c1-11(18)12-6-7-17(9-12)10-15(19)16-13-4-3-5-14(8-13)20-2/h3-5,8,11-12,18H,6-7,9-10H2,1-2H3,(H,16,19). The molecule has 20 heavy (non-hydrogen) atoms. The first kappa shape index (κ1) is 14.8. The molecule has 1 heterocycles. The number of methoxy groups -OCH3 is 1. The van der Waals surface area contributed by atoms with Crippen LogP contribution in [0.1, 0.15) is 13.3 Å². The van der Waals surface area contributed by atoms with Crippen LogP contribution in [0.5, 0.6) is 5.75 Å². The zero-order chi connectivity index (χ0) is 14.5. The third-order valence-corrected chi connectivity index (χ3v) is 3.71. The van der Waals surface area contributed by atoms with Gasteiger partial charge in [0.05, 0.1) is 19.8 Å². The highest BCUT2D eigenvalue weighted by Gasteiger charge is 2.26. The summed E-state index contributed by atoms with van der Waals surface area (Å²) >= 11 is 0. The lowest BCUT2D eigenvalue weighted by molar-refractivity contribution is -0.117. The molecule has 0 aliphatic carbocycles. The highest BCUT2D eigenvalue weighted by Crippen LogP contribution is 2.20. The van der Waals surface area contributed by atoms with Crippen LogP contribution >= 0.6 is 0 Å². The topological polar surface area (TPSA) is 61.8 Å². The molecule has 0 aromatic heterocycles. The van der Waals surface area contributed by atoms with Crippen molar-refractivity contribution in [1.29, 1.82) is 0 Å². The van der Waals surface area contributed by atoms with Gasteiger partial charge >= 0.3 is 0 Å². The maximum atomic E-state index is 12.0. The van der Waals surface area contributed by atoms with Crippen LogP contribution in [0.3, 0.4) is 0 Å². The van der Waals surface area contributed by atoms with Crippen molar-refractivity contribution < 1.29 is 14.6 Å². The minimum absolute atomic E-state index is 0.0375. The van der Waals surface area contributed by atoms with E-state index in [1.807, 2.05) is 25.1 Å². The molecule has 1 aromatic carbocycles. The number of benzene rings is 1. The van der Waals surface area contributed by atoms with E-state index in [0.29, 0.717) is 6.54 Å². The summed E-state index contributed by atoms with van der Waals surface area (Å²) in [6.07, 6.45) is 0.644. The monoisotopic (exact) mass is 278 g/mol. The molecular formula is C15H22N2O3. The van der Waals surface area contributed by atoms with Gasteiger partial charge in [-0.25, -0.2) is 0 Å². The number of likely N-dealkylation sites (tertiary alicyclic amines) is 1. The molecule has 0 spiro atoms. The van der Waals surface area contributed by atoms with Crippen molar-refractivity contribution in [3.63, 3.8) is 0 Å². The molecule has 5 heteroatoms. The first-order valence-electron chi connectivity index (χ1n) is 6.93. The zero-order valence-electron chi connectivity index (χ0n) is 12.0. The van der Waals surface area contributed by atoms with Crippen LogP contribution in [-0.2, 0) is 4.79 Å². The number of carbonyl (C=O) groups is 1. The molecule has 0 radical (unpaired) electrons. The molecule has 1 saturated heterocycles. The summed E-state index contributed by atoms with van der Waals surface area (Å²) in [6.45, 7) is 3.81. The molecule has 1 aromatic rings. The second-order valence-electron chi connectivity index (χ2n) is 5.30. The van der Waals surface area contributed by atoms with Gasteiger partial charge in [-0.3, -0.25) is 9.69 Å². The largest absolute Gasteiger partial charge is 0.497 e.